The van der Waals surface area contributed by atoms with Crippen molar-refractivity contribution in [1.29, 1.82) is 0 Å². The van der Waals surface area contributed by atoms with E-state index in [1.807, 2.05) is 18.2 Å². The van der Waals surface area contributed by atoms with E-state index in [0.717, 1.165) is 15.4 Å². The second kappa shape index (κ2) is 7.97. The van der Waals surface area contributed by atoms with E-state index in [2.05, 4.69) is 42.6 Å². The lowest BCUT2D eigenvalue weighted by atomic mass is 10.1. The van der Waals surface area contributed by atoms with Gasteiger partial charge in [0.05, 0.1) is 5.69 Å². The molecular weight excluding hydrogens is 346 g/mol. The molecule has 0 saturated heterocycles. The highest BCUT2D eigenvalue weighted by Gasteiger charge is 2.13. The second-order valence-corrected chi connectivity index (χ2v) is 7.00. The van der Waals surface area contributed by atoms with Gasteiger partial charge >= 0.3 is 5.97 Å². The van der Waals surface area contributed by atoms with E-state index in [-0.39, 0.29) is 11.3 Å². The first-order valence-electron chi connectivity index (χ1n) is 8.16. The molecule has 0 fully saturated rings. The van der Waals surface area contributed by atoms with Gasteiger partial charge in [0, 0.05) is 16.3 Å². The lowest BCUT2D eigenvalue weighted by molar-refractivity contribution is 0.0694. The number of carboxylic acid groups (broad SMARTS) is 1. The molecule has 3 N–H and O–H groups in total. The highest BCUT2D eigenvalue weighted by Crippen LogP contribution is 2.32. The topological polar surface area (TPSA) is 69.6 Å². The lowest BCUT2D eigenvalue weighted by Crippen LogP contribution is -2.04. The summed E-state index contributed by atoms with van der Waals surface area (Å²) in [6.07, 6.45) is 0. The van der Waals surface area contributed by atoms with Gasteiger partial charge in [-0.25, -0.2) is 4.79 Å². The summed E-state index contributed by atoms with van der Waals surface area (Å²) in [6.45, 7) is 2.54. The molecule has 0 bridgehead atoms. The van der Waals surface area contributed by atoms with Crippen molar-refractivity contribution in [2.75, 3.05) is 5.32 Å². The Morgan fingerprint density at radius 1 is 1.00 bits per heavy atom. The zero-order valence-electron chi connectivity index (χ0n) is 14.3. The van der Waals surface area contributed by atoms with Crippen LogP contribution in [0.25, 0.3) is 0 Å². The Hall–Kier alpha value is -2.92. The van der Waals surface area contributed by atoms with Gasteiger partial charge in [-0.15, -0.1) is 0 Å². The second-order valence-electron chi connectivity index (χ2n) is 5.88. The predicted octanol–water partition coefficient (Wildman–Crippen LogP) is 5.16. The largest absolute Gasteiger partial charge is 0.505 e. The third kappa shape index (κ3) is 4.18. The average molecular weight is 365 g/mol. The van der Waals surface area contributed by atoms with Gasteiger partial charge in [0.1, 0.15) is 5.56 Å². The van der Waals surface area contributed by atoms with Gasteiger partial charge in [0.15, 0.2) is 5.75 Å². The standard InChI is InChI=1S/C21H19NO3S/c1-14-9-11-16(12-10-14)26-19-8-3-2-5-15(19)13-22-18-7-4-6-17(20(18)23)21(24)25/h2-12,22-23H,13H2,1H3,(H,24,25). The fraction of sp³-hybridized carbons (Fsp3) is 0.0952. The van der Waals surface area contributed by atoms with Crippen LogP contribution < -0.4 is 5.32 Å². The molecule has 0 aliphatic heterocycles. The number of rotatable bonds is 6. The summed E-state index contributed by atoms with van der Waals surface area (Å²) >= 11 is 1.67. The van der Waals surface area contributed by atoms with Gasteiger partial charge in [-0.2, -0.15) is 0 Å². The minimum atomic E-state index is -1.15. The van der Waals surface area contributed by atoms with Crippen molar-refractivity contribution in [3.05, 3.63) is 83.4 Å². The number of hydrogen-bond acceptors (Lipinski definition) is 4. The summed E-state index contributed by atoms with van der Waals surface area (Å²) in [5.41, 5.74) is 2.58. The maximum absolute atomic E-state index is 11.1. The van der Waals surface area contributed by atoms with Crippen molar-refractivity contribution < 1.29 is 15.0 Å². The van der Waals surface area contributed by atoms with Crippen LogP contribution in [0.15, 0.2) is 76.5 Å². The summed E-state index contributed by atoms with van der Waals surface area (Å²) in [5.74, 6) is -1.40. The molecule has 0 radical (unpaired) electrons. The van der Waals surface area contributed by atoms with E-state index in [4.69, 9.17) is 5.11 Å². The summed E-state index contributed by atoms with van der Waals surface area (Å²) in [5, 5.41) is 22.4. The summed E-state index contributed by atoms with van der Waals surface area (Å²) < 4.78 is 0. The van der Waals surface area contributed by atoms with E-state index in [1.54, 1.807) is 23.9 Å². The Bertz CT molecular complexity index is 923. The third-order valence-electron chi connectivity index (χ3n) is 3.96. The van der Waals surface area contributed by atoms with Crippen molar-refractivity contribution >= 4 is 23.4 Å². The quantitative estimate of drug-likeness (QED) is 0.526. The smallest absolute Gasteiger partial charge is 0.339 e. The number of para-hydroxylation sites is 1. The highest BCUT2D eigenvalue weighted by atomic mass is 32.2. The first-order chi connectivity index (χ1) is 12.5. The molecule has 0 atom stereocenters. The molecule has 0 aliphatic rings. The first-order valence-corrected chi connectivity index (χ1v) is 8.98. The molecule has 3 rings (SSSR count). The number of carboxylic acids is 1. The Labute approximate surface area is 156 Å². The predicted molar refractivity (Wildman–Crippen MR) is 104 cm³/mol. The van der Waals surface area contributed by atoms with Gasteiger partial charge in [0.25, 0.3) is 0 Å². The van der Waals surface area contributed by atoms with Crippen LogP contribution >= 0.6 is 11.8 Å². The molecule has 0 saturated carbocycles. The van der Waals surface area contributed by atoms with Crippen molar-refractivity contribution in [3.63, 3.8) is 0 Å². The highest BCUT2D eigenvalue weighted by molar-refractivity contribution is 7.99. The summed E-state index contributed by atoms with van der Waals surface area (Å²) in [4.78, 5) is 13.4. The number of aromatic carboxylic acids is 1. The zero-order chi connectivity index (χ0) is 18.5. The first kappa shape index (κ1) is 17.9. The van der Waals surface area contributed by atoms with Crippen LogP contribution in [0, 0.1) is 6.92 Å². The van der Waals surface area contributed by atoms with Crippen LogP contribution in [0.4, 0.5) is 5.69 Å². The van der Waals surface area contributed by atoms with Gasteiger partial charge in [-0.05, 0) is 42.8 Å². The van der Waals surface area contributed by atoms with E-state index < -0.39 is 5.97 Å². The van der Waals surface area contributed by atoms with Gasteiger partial charge in [-0.3, -0.25) is 0 Å². The minimum Gasteiger partial charge on any atom is -0.505 e. The third-order valence-corrected chi connectivity index (χ3v) is 5.08. The van der Waals surface area contributed by atoms with Crippen LogP contribution in [-0.2, 0) is 6.54 Å². The summed E-state index contributed by atoms with van der Waals surface area (Å²) in [7, 11) is 0. The number of anilines is 1. The Balaban J connectivity index is 1.78. The summed E-state index contributed by atoms with van der Waals surface area (Å²) in [6, 6.07) is 21.0. The van der Waals surface area contributed by atoms with E-state index in [9.17, 15) is 9.90 Å². The van der Waals surface area contributed by atoms with E-state index in [1.165, 1.54) is 11.6 Å². The van der Waals surface area contributed by atoms with Gasteiger partial charge in [0.2, 0.25) is 0 Å². The molecule has 5 heteroatoms. The molecule has 4 nitrogen and oxygen atoms in total. The van der Waals surface area contributed by atoms with Crippen LogP contribution in [-0.4, -0.2) is 16.2 Å². The Morgan fingerprint density at radius 3 is 2.46 bits per heavy atom. The molecule has 3 aromatic rings. The number of hydrogen-bond donors (Lipinski definition) is 3. The van der Waals surface area contributed by atoms with Gasteiger partial charge in [-0.1, -0.05) is 53.7 Å². The lowest BCUT2D eigenvalue weighted by Gasteiger charge is -2.13. The Kier molecular flexibility index (Phi) is 5.49. The maximum Gasteiger partial charge on any atom is 0.339 e. The molecule has 0 aromatic heterocycles. The van der Waals surface area contributed by atoms with Crippen molar-refractivity contribution in [2.24, 2.45) is 0 Å². The monoisotopic (exact) mass is 365 g/mol. The molecule has 3 aromatic carbocycles. The molecular formula is C21H19NO3S. The van der Waals surface area contributed by atoms with Crippen LogP contribution in [0.3, 0.4) is 0 Å². The molecule has 0 aliphatic carbocycles. The van der Waals surface area contributed by atoms with Crippen LogP contribution in [0.2, 0.25) is 0 Å². The molecule has 0 unspecified atom stereocenters. The van der Waals surface area contributed by atoms with Crippen molar-refractivity contribution in [2.45, 2.75) is 23.3 Å². The minimum absolute atomic E-state index is 0.114. The molecule has 26 heavy (non-hydrogen) atoms. The van der Waals surface area contributed by atoms with E-state index in [0.29, 0.717) is 12.2 Å². The number of phenols is 1. The molecule has 132 valence electrons. The maximum atomic E-state index is 11.1. The fourth-order valence-electron chi connectivity index (χ4n) is 2.53. The zero-order valence-corrected chi connectivity index (χ0v) is 15.1. The number of benzene rings is 3. The van der Waals surface area contributed by atoms with E-state index >= 15 is 0 Å². The number of aryl methyl sites for hydroxylation is 1. The normalized spacial score (nSPS) is 10.5. The van der Waals surface area contributed by atoms with Crippen molar-refractivity contribution in [1.82, 2.24) is 0 Å². The van der Waals surface area contributed by atoms with Gasteiger partial charge < -0.3 is 15.5 Å². The molecule has 0 heterocycles. The fourth-order valence-corrected chi connectivity index (χ4v) is 3.48. The molecule has 0 spiro atoms. The Morgan fingerprint density at radius 2 is 1.73 bits per heavy atom. The SMILES string of the molecule is Cc1ccc(Sc2ccccc2CNc2cccc(C(=O)O)c2O)cc1. The number of carbonyl (C=O) groups is 1. The molecule has 0 amide bonds. The average Bonchev–Trinajstić information content (AvgIpc) is 2.63. The van der Waals surface area contributed by atoms with Crippen molar-refractivity contribution in [3.8, 4) is 5.75 Å². The number of nitrogens with one attached hydrogen (secondary N) is 1. The van der Waals surface area contributed by atoms with Crippen LogP contribution in [0.5, 0.6) is 5.75 Å². The number of aromatic hydroxyl groups is 1. The van der Waals surface area contributed by atoms with Crippen LogP contribution in [0.1, 0.15) is 21.5 Å².